The lowest BCUT2D eigenvalue weighted by atomic mass is 10.1. The summed E-state index contributed by atoms with van der Waals surface area (Å²) in [5.41, 5.74) is 4.01. The van der Waals surface area contributed by atoms with Crippen molar-refractivity contribution in [3.05, 3.63) is 75.4 Å². The molecule has 3 rings (SSSR count). The first kappa shape index (κ1) is 16.4. The topological polar surface area (TPSA) is 50.7 Å². The quantitative estimate of drug-likeness (QED) is 0.383. The van der Waals surface area contributed by atoms with Gasteiger partial charge in [0.15, 0.2) is 0 Å². The van der Waals surface area contributed by atoms with E-state index < -0.39 is 0 Å². The van der Waals surface area contributed by atoms with Crippen LogP contribution in [0.4, 0.5) is 0 Å². The number of benzene rings is 3. The van der Waals surface area contributed by atoms with Gasteiger partial charge in [-0.3, -0.25) is 4.79 Å². The van der Waals surface area contributed by atoms with Crippen molar-refractivity contribution < 1.29 is 9.53 Å². The molecule has 120 valence electrons. The number of ether oxygens (including phenoxy) is 1. The molecular formula is C19H15IN2O2. The van der Waals surface area contributed by atoms with Gasteiger partial charge in [-0.2, -0.15) is 5.10 Å². The molecule has 1 amide bonds. The number of amides is 1. The van der Waals surface area contributed by atoms with Gasteiger partial charge in [-0.15, -0.1) is 0 Å². The molecule has 0 aromatic heterocycles. The Morgan fingerprint density at radius 2 is 1.88 bits per heavy atom. The highest BCUT2D eigenvalue weighted by atomic mass is 127. The van der Waals surface area contributed by atoms with Crippen molar-refractivity contribution in [3.63, 3.8) is 0 Å². The molecule has 0 aliphatic carbocycles. The molecule has 3 aromatic rings. The minimum Gasteiger partial charge on any atom is -0.496 e. The van der Waals surface area contributed by atoms with E-state index in [2.05, 4.69) is 39.2 Å². The summed E-state index contributed by atoms with van der Waals surface area (Å²) in [4.78, 5) is 12.1. The number of carbonyl (C=O) groups is 1. The average Bonchev–Trinajstić information content (AvgIpc) is 2.61. The molecule has 3 aromatic carbocycles. The maximum atomic E-state index is 12.1. The summed E-state index contributed by atoms with van der Waals surface area (Å²) in [6, 6.07) is 19.4. The van der Waals surface area contributed by atoms with Crippen molar-refractivity contribution in [1.82, 2.24) is 5.43 Å². The van der Waals surface area contributed by atoms with E-state index in [-0.39, 0.29) is 5.91 Å². The van der Waals surface area contributed by atoms with Crippen LogP contribution in [-0.2, 0) is 0 Å². The first-order valence-electron chi connectivity index (χ1n) is 7.33. The Hall–Kier alpha value is -2.41. The molecule has 0 heterocycles. The second-order valence-electron chi connectivity index (χ2n) is 5.16. The van der Waals surface area contributed by atoms with Gasteiger partial charge in [-0.25, -0.2) is 5.43 Å². The largest absolute Gasteiger partial charge is 0.496 e. The molecule has 0 spiro atoms. The Morgan fingerprint density at radius 1 is 1.08 bits per heavy atom. The molecule has 0 unspecified atom stereocenters. The van der Waals surface area contributed by atoms with Crippen LogP contribution in [-0.4, -0.2) is 19.2 Å². The summed E-state index contributed by atoms with van der Waals surface area (Å²) >= 11 is 2.13. The molecule has 0 bridgehead atoms. The molecule has 5 heteroatoms. The lowest BCUT2D eigenvalue weighted by Crippen LogP contribution is -2.17. The van der Waals surface area contributed by atoms with Gasteiger partial charge in [0.25, 0.3) is 5.91 Å². The van der Waals surface area contributed by atoms with Crippen LogP contribution < -0.4 is 10.2 Å². The van der Waals surface area contributed by atoms with Gasteiger partial charge in [0.2, 0.25) is 0 Å². The normalized spacial score (nSPS) is 10.9. The van der Waals surface area contributed by atoms with Gasteiger partial charge in [0.1, 0.15) is 5.75 Å². The first-order valence-corrected chi connectivity index (χ1v) is 8.41. The second-order valence-corrected chi connectivity index (χ2v) is 6.32. The smallest absolute Gasteiger partial charge is 0.271 e. The molecule has 0 aliphatic rings. The Labute approximate surface area is 153 Å². The van der Waals surface area contributed by atoms with Gasteiger partial charge < -0.3 is 4.74 Å². The SMILES string of the molecule is COc1ccc(C(=O)N/N=C\c2ccc3ccccc3c2)cc1I. The Bertz CT molecular complexity index is 922. The molecule has 4 nitrogen and oxygen atoms in total. The van der Waals surface area contributed by atoms with Crippen LogP contribution in [0.5, 0.6) is 5.75 Å². The fourth-order valence-corrected chi connectivity index (χ4v) is 3.06. The zero-order valence-corrected chi connectivity index (χ0v) is 15.2. The van der Waals surface area contributed by atoms with Crippen LogP contribution in [0.15, 0.2) is 65.8 Å². The zero-order valence-electron chi connectivity index (χ0n) is 13.0. The second kappa shape index (κ2) is 7.44. The summed E-state index contributed by atoms with van der Waals surface area (Å²) in [6.45, 7) is 0. The number of hydrogen-bond donors (Lipinski definition) is 1. The highest BCUT2D eigenvalue weighted by Crippen LogP contribution is 2.21. The zero-order chi connectivity index (χ0) is 16.9. The van der Waals surface area contributed by atoms with E-state index in [0.717, 1.165) is 20.3 Å². The first-order chi connectivity index (χ1) is 11.7. The number of halogens is 1. The van der Waals surface area contributed by atoms with Gasteiger partial charge in [-0.1, -0.05) is 36.4 Å². The van der Waals surface area contributed by atoms with Crippen LogP contribution in [0.2, 0.25) is 0 Å². The van der Waals surface area contributed by atoms with Crippen LogP contribution in [0.3, 0.4) is 0 Å². The highest BCUT2D eigenvalue weighted by Gasteiger charge is 2.07. The molecule has 1 N–H and O–H groups in total. The molecule has 0 radical (unpaired) electrons. The van der Waals surface area contributed by atoms with Gasteiger partial charge in [0, 0.05) is 5.56 Å². The van der Waals surface area contributed by atoms with Crippen LogP contribution in [0, 0.1) is 3.57 Å². The minimum atomic E-state index is -0.257. The number of hydrogen-bond acceptors (Lipinski definition) is 3. The summed E-state index contributed by atoms with van der Waals surface area (Å²) in [7, 11) is 1.60. The number of methoxy groups -OCH3 is 1. The van der Waals surface area contributed by atoms with E-state index in [1.54, 1.807) is 31.5 Å². The van der Waals surface area contributed by atoms with E-state index in [1.165, 1.54) is 5.39 Å². The molecule has 0 fully saturated rings. The third-order valence-corrected chi connectivity index (χ3v) is 4.41. The maximum Gasteiger partial charge on any atom is 0.271 e. The Kier molecular flexibility index (Phi) is 5.10. The third-order valence-electron chi connectivity index (χ3n) is 3.57. The van der Waals surface area contributed by atoms with E-state index in [4.69, 9.17) is 4.74 Å². The van der Waals surface area contributed by atoms with E-state index in [0.29, 0.717) is 5.56 Å². The van der Waals surface area contributed by atoms with Crippen molar-refractivity contribution in [1.29, 1.82) is 0 Å². The standard InChI is InChI=1S/C19H15IN2O2/c1-24-18-9-8-16(11-17(18)20)19(23)22-21-12-13-6-7-14-4-2-3-5-15(14)10-13/h2-12H,1H3,(H,22,23)/b21-12-. The van der Waals surface area contributed by atoms with Crippen molar-refractivity contribution in [2.45, 2.75) is 0 Å². The third kappa shape index (κ3) is 3.73. The number of nitrogens with one attached hydrogen (secondary N) is 1. The minimum absolute atomic E-state index is 0.257. The van der Waals surface area contributed by atoms with Crippen molar-refractivity contribution in [2.75, 3.05) is 7.11 Å². The van der Waals surface area contributed by atoms with E-state index in [1.807, 2.05) is 36.4 Å². The summed E-state index contributed by atoms with van der Waals surface area (Å²) in [5.74, 6) is 0.486. The lowest BCUT2D eigenvalue weighted by Gasteiger charge is -2.05. The fraction of sp³-hybridized carbons (Fsp3) is 0.0526. The van der Waals surface area contributed by atoms with Crippen LogP contribution >= 0.6 is 22.6 Å². The predicted octanol–water partition coefficient (Wildman–Crippen LogP) is 4.22. The predicted molar refractivity (Wildman–Crippen MR) is 105 cm³/mol. The number of rotatable bonds is 4. The molecule has 0 aliphatic heterocycles. The van der Waals surface area contributed by atoms with Crippen molar-refractivity contribution in [3.8, 4) is 5.75 Å². The molecule has 0 saturated heterocycles. The average molecular weight is 430 g/mol. The fourth-order valence-electron chi connectivity index (χ4n) is 2.33. The molecule has 0 saturated carbocycles. The Balaban J connectivity index is 1.70. The molecule has 0 atom stereocenters. The van der Waals surface area contributed by atoms with Crippen molar-refractivity contribution >= 4 is 45.5 Å². The molecular weight excluding hydrogens is 415 g/mol. The maximum absolute atomic E-state index is 12.1. The summed E-state index contributed by atoms with van der Waals surface area (Å²) in [5, 5.41) is 6.35. The number of nitrogens with zero attached hydrogens (tertiary/aromatic N) is 1. The summed E-state index contributed by atoms with van der Waals surface area (Å²) < 4.78 is 6.06. The van der Waals surface area contributed by atoms with Crippen LogP contribution in [0.1, 0.15) is 15.9 Å². The van der Waals surface area contributed by atoms with Gasteiger partial charge in [0.05, 0.1) is 16.9 Å². The monoisotopic (exact) mass is 430 g/mol. The number of fused-ring (bicyclic) bond motifs is 1. The lowest BCUT2D eigenvalue weighted by molar-refractivity contribution is 0.0955. The molecule has 24 heavy (non-hydrogen) atoms. The van der Waals surface area contributed by atoms with E-state index >= 15 is 0 Å². The van der Waals surface area contributed by atoms with Crippen molar-refractivity contribution in [2.24, 2.45) is 5.10 Å². The number of hydrazone groups is 1. The Morgan fingerprint density at radius 3 is 2.62 bits per heavy atom. The highest BCUT2D eigenvalue weighted by molar-refractivity contribution is 14.1. The van der Waals surface area contributed by atoms with E-state index in [9.17, 15) is 4.79 Å². The van der Waals surface area contributed by atoms with Gasteiger partial charge >= 0.3 is 0 Å². The van der Waals surface area contributed by atoms with Crippen LogP contribution in [0.25, 0.3) is 10.8 Å². The summed E-state index contributed by atoms with van der Waals surface area (Å²) in [6.07, 6.45) is 1.64. The number of carbonyl (C=O) groups excluding carboxylic acids is 1. The van der Waals surface area contributed by atoms with Gasteiger partial charge in [-0.05, 0) is 63.2 Å².